The predicted molar refractivity (Wildman–Crippen MR) is 88.4 cm³/mol. The quantitative estimate of drug-likeness (QED) is 0.434. The summed E-state index contributed by atoms with van der Waals surface area (Å²) in [6.45, 7) is 0. The van der Waals surface area contributed by atoms with Crippen molar-refractivity contribution < 1.29 is 0 Å². The van der Waals surface area contributed by atoms with Gasteiger partial charge in [0.15, 0.2) is 0 Å². The largest absolute Gasteiger partial charge is 0.295 e. The smallest absolute Gasteiger partial charge is 0.129 e. The summed E-state index contributed by atoms with van der Waals surface area (Å²) in [5.74, 6) is 1.14. The van der Waals surface area contributed by atoms with E-state index in [-0.39, 0.29) is 0 Å². The Kier molecular flexibility index (Phi) is 3.69. The van der Waals surface area contributed by atoms with E-state index in [4.69, 9.17) is 23.2 Å². The molecule has 1 heterocycles. The van der Waals surface area contributed by atoms with Crippen molar-refractivity contribution in [1.29, 1.82) is 0 Å². The van der Waals surface area contributed by atoms with Gasteiger partial charge in [-0.25, -0.2) is 4.98 Å². The van der Waals surface area contributed by atoms with E-state index in [0.29, 0.717) is 10.9 Å². The highest BCUT2D eigenvalue weighted by Crippen LogP contribution is 2.28. The molecule has 3 rings (SSSR count). The molecule has 0 aliphatic heterocycles. The Labute approximate surface area is 134 Å². The van der Waals surface area contributed by atoms with Crippen molar-refractivity contribution in [3.8, 4) is 5.69 Å². The van der Waals surface area contributed by atoms with E-state index in [1.807, 2.05) is 30.3 Å². The summed E-state index contributed by atoms with van der Waals surface area (Å²) in [7, 11) is 0. The summed E-state index contributed by atoms with van der Waals surface area (Å²) in [5, 5.41) is 0.647. The minimum absolute atomic E-state index is 0.344. The Morgan fingerprint density at radius 2 is 1.95 bits per heavy atom. The highest BCUT2D eigenvalue weighted by atomic mass is 127. The molecular weight excluding hydrogens is 394 g/mol. The van der Waals surface area contributed by atoms with Gasteiger partial charge in [-0.1, -0.05) is 23.7 Å². The first-order valence-electron chi connectivity index (χ1n) is 5.68. The molecule has 19 heavy (non-hydrogen) atoms. The molecule has 0 aliphatic rings. The van der Waals surface area contributed by atoms with Gasteiger partial charge in [-0.05, 0) is 52.9 Å². The maximum absolute atomic E-state index is 6.20. The molecule has 0 fully saturated rings. The third kappa shape index (κ3) is 2.35. The van der Waals surface area contributed by atoms with E-state index in [0.717, 1.165) is 22.5 Å². The molecule has 0 unspecified atom stereocenters. The normalized spacial score (nSPS) is 11.1. The molecule has 0 aliphatic carbocycles. The fourth-order valence-electron chi connectivity index (χ4n) is 2.11. The molecule has 0 spiro atoms. The van der Waals surface area contributed by atoms with Crippen LogP contribution in [0.15, 0.2) is 42.5 Å². The van der Waals surface area contributed by atoms with Gasteiger partial charge in [-0.3, -0.25) is 4.57 Å². The summed E-state index contributed by atoms with van der Waals surface area (Å²) in [6.07, 6.45) is 0. The van der Waals surface area contributed by atoms with Crippen LogP contribution in [0.2, 0.25) is 5.02 Å². The number of nitrogens with zero attached hydrogens (tertiary/aromatic N) is 2. The maximum atomic E-state index is 6.20. The Morgan fingerprint density at radius 3 is 2.68 bits per heavy atom. The molecular formula is C14H9Cl2IN2. The molecule has 1 aromatic heterocycles. The number of hydrogen-bond donors (Lipinski definition) is 0. The standard InChI is InChI=1S/C14H9Cl2IN2/c15-8-13-18-14-11(16)5-2-6-12(14)19(13)10-4-1-3-9(17)7-10/h1-7H,8H2. The first-order valence-corrected chi connectivity index (χ1v) is 7.67. The van der Waals surface area contributed by atoms with Crippen molar-refractivity contribution in [2.75, 3.05) is 0 Å². The molecule has 0 bridgehead atoms. The lowest BCUT2D eigenvalue weighted by Crippen LogP contribution is -1.99. The Balaban J connectivity index is 2.36. The minimum Gasteiger partial charge on any atom is -0.295 e. The molecule has 96 valence electrons. The highest BCUT2D eigenvalue weighted by Gasteiger charge is 2.13. The third-order valence-corrected chi connectivity index (χ3v) is 4.11. The lowest BCUT2D eigenvalue weighted by molar-refractivity contribution is 0.981. The molecule has 0 saturated heterocycles. The third-order valence-electron chi connectivity index (χ3n) is 2.89. The zero-order valence-corrected chi connectivity index (χ0v) is 13.4. The zero-order valence-electron chi connectivity index (χ0n) is 9.78. The van der Waals surface area contributed by atoms with Crippen molar-refractivity contribution in [1.82, 2.24) is 9.55 Å². The number of fused-ring (bicyclic) bond motifs is 1. The molecule has 3 aromatic rings. The van der Waals surface area contributed by atoms with Gasteiger partial charge >= 0.3 is 0 Å². The molecule has 2 aromatic carbocycles. The summed E-state index contributed by atoms with van der Waals surface area (Å²) >= 11 is 14.5. The predicted octanol–water partition coefficient (Wildman–Crippen LogP) is 5.02. The zero-order chi connectivity index (χ0) is 13.4. The number of imidazole rings is 1. The van der Waals surface area contributed by atoms with Crippen LogP contribution in [-0.4, -0.2) is 9.55 Å². The summed E-state index contributed by atoms with van der Waals surface area (Å²) in [5.41, 5.74) is 2.82. The topological polar surface area (TPSA) is 17.8 Å². The highest BCUT2D eigenvalue weighted by molar-refractivity contribution is 14.1. The first-order chi connectivity index (χ1) is 9.20. The van der Waals surface area contributed by atoms with Crippen molar-refractivity contribution >= 4 is 56.8 Å². The number of benzene rings is 2. The Hall–Kier alpha value is -0.780. The van der Waals surface area contributed by atoms with E-state index in [1.165, 1.54) is 3.57 Å². The van der Waals surface area contributed by atoms with Gasteiger partial charge in [0.25, 0.3) is 0 Å². The van der Waals surface area contributed by atoms with Gasteiger partial charge in [0, 0.05) is 9.26 Å². The van der Waals surface area contributed by atoms with Crippen LogP contribution in [0, 0.1) is 3.57 Å². The van der Waals surface area contributed by atoms with E-state index < -0.39 is 0 Å². The molecule has 0 N–H and O–H groups in total. The van der Waals surface area contributed by atoms with Crippen molar-refractivity contribution in [2.24, 2.45) is 0 Å². The summed E-state index contributed by atoms with van der Waals surface area (Å²) in [4.78, 5) is 4.53. The lowest BCUT2D eigenvalue weighted by Gasteiger charge is -2.08. The van der Waals surface area contributed by atoms with E-state index in [2.05, 4.69) is 44.3 Å². The molecule has 0 atom stereocenters. The second-order valence-corrected chi connectivity index (χ2v) is 6.00. The van der Waals surface area contributed by atoms with Crippen molar-refractivity contribution in [2.45, 2.75) is 5.88 Å². The van der Waals surface area contributed by atoms with Gasteiger partial charge in [-0.2, -0.15) is 0 Å². The van der Waals surface area contributed by atoms with Gasteiger partial charge in [0.05, 0.1) is 16.4 Å². The maximum Gasteiger partial charge on any atom is 0.129 e. The van der Waals surface area contributed by atoms with Crippen molar-refractivity contribution in [3.05, 3.63) is 56.9 Å². The fraction of sp³-hybridized carbons (Fsp3) is 0.0714. The lowest BCUT2D eigenvalue weighted by atomic mass is 10.3. The van der Waals surface area contributed by atoms with Crippen LogP contribution in [0.4, 0.5) is 0 Å². The van der Waals surface area contributed by atoms with Gasteiger partial charge in [0.1, 0.15) is 11.3 Å². The average molecular weight is 403 g/mol. The fourth-order valence-corrected chi connectivity index (χ4v) is 3.02. The van der Waals surface area contributed by atoms with Crippen LogP contribution in [0.5, 0.6) is 0 Å². The van der Waals surface area contributed by atoms with Crippen molar-refractivity contribution in [3.63, 3.8) is 0 Å². The second-order valence-electron chi connectivity index (χ2n) is 4.08. The van der Waals surface area contributed by atoms with Crippen LogP contribution in [0.1, 0.15) is 5.82 Å². The van der Waals surface area contributed by atoms with E-state index >= 15 is 0 Å². The number of aromatic nitrogens is 2. The average Bonchev–Trinajstić information content (AvgIpc) is 2.78. The minimum atomic E-state index is 0.344. The number of rotatable bonds is 2. The van der Waals surface area contributed by atoms with E-state index in [1.54, 1.807) is 0 Å². The van der Waals surface area contributed by atoms with E-state index in [9.17, 15) is 0 Å². The van der Waals surface area contributed by atoms with Crippen LogP contribution in [0.3, 0.4) is 0 Å². The second kappa shape index (κ2) is 5.31. The molecule has 0 radical (unpaired) electrons. The van der Waals surface area contributed by atoms with Crippen LogP contribution in [0.25, 0.3) is 16.7 Å². The van der Waals surface area contributed by atoms with Crippen LogP contribution in [-0.2, 0) is 5.88 Å². The number of para-hydroxylation sites is 1. The summed E-state index contributed by atoms with van der Waals surface area (Å²) in [6, 6.07) is 14.0. The van der Waals surface area contributed by atoms with Gasteiger partial charge < -0.3 is 0 Å². The Bertz CT molecular complexity index is 752. The SMILES string of the molecule is ClCc1nc2c(Cl)cccc2n1-c1cccc(I)c1. The number of hydrogen-bond acceptors (Lipinski definition) is 1. The molecule has 5 heteroatoms. The molecule has 0 saturated carbocycles. The monoisotopic (exact) mass is 402 g/mol. The van der Waals surface area contributed by atoms with Crippen LogP contribution < -0.4 is 0 Å². The molecule has 0 amide bonds. The Morgan fingerprint density at radius 1 is 1.16 bits per heavy atom. The summed E-state index contributed by atoms with van der Waals surface area (Å²) < 4.78 is 3.22. The van der Waals surface area contributed by atoms with Gasteiger partial charge in [0.2, 0.25) is 0 Å². The van der Waals surface area contributed by atoms with Gasteiger partial charge in [-0.15, -0.1) is 11.6 Å². The first kappa shape index (κ1) is 13.2. The van der Waals surface area contributed by atoms with Crippen LogP contribution >= 0.6 is 45.8 Å². The number of alkyl halides is 1. The molecule has 2 nitrogen and oxygen atoms in total. The number of halogens is 3.